The molecule has 0 spiro atoms. The Hall–Kier alpha value is -1.64. The fourth-order valence-electron chi connectivity index (χ4n) is 1.50. The largest absolute Gasteiger partial charge is 0.588 e. The molecule has 104 valence electrons. The zero-order valence-electron chi connectivity index (χ0n) is 9.88. The van der Waals surface area contributed by atoms with Crippen molar-refractivity contribution < 1.29 is 13.9 Å². The lowest BCUT2D eigenvalue weighted by atomic mass is 10.3. The summed E-state index contributed by atoms with van der Waals surface area (Å²) < 4.78 is 28.3. The first-order valence-electron chi connectivity index (χ1n) is 5.36. The van der Waals surface area contributed by atoms with Crippen molar-refractivity contribution in [3.63, 3.8) is 0 Å². The van der Waals surface area contributed by atoms with E-state index in [4.69, 9.17) is 0 Å². The minimum atomic E-state index is -1.87. The van der Waals surface area contributed by atoms with Crippen LogP contribution in [0.3, 0.4) is 0 Å². The molecule has 2 rings (SSSR count). The first-order chi connectivity index (χ1) is 9.49. The van der Waals surface area contributed by atoms with Crippen LogP contribution in [0.2, 0.25) is 0 Å². The van der Waals surface area contributed by atoms with E-state index in [-0.39, 0.29) is 16.3 Å². The summed E-state index contributed by atoms with van der Waals surface area (Å²) in [5, 5.41) is 10.9. The number of benzene rings is 2. The molecule has 5 nitrogen and oxygen atoms in total. The molecule has 8 heteroatoms. The Balaban J connectivity index is 2.31. The molecule has 0 aliphatic carbocycles. The quantitative estimate of drug-likeness (QED) is 0.514. The second-order valence-electron chi connectivity index (χ2n) is 3.72. The molecule has 0 aliphatic heterocycles. The Morgan fingerprint density at radius 3 is 2.65 bits per heavy atom. The molecule has 0 bridgehead atoms. The van der Waals surface area contributed by atoms with Crippen LogP contribution in [0.5, 0.6) is 0 Å². The van der Waals surface area contributed by atoms with E-state index in [9.17, 15) is 19.1 Å². The molecule has 1 atom stereocenters. The number of halogens is 2. The number of hydrogen-bond acceptors (Lipinski definition) is 4. The zero-order chi connectivity index (χ0) is 14.7. The van der Waals surface area contributed by atoms with Crippen molar-refractivity contribution in [2.24, 2.45) is 0 Å². The van der Waals surface area contributed by atoms with Crippen molar-refractivity contribution in [2.45, 2.75) is 4.90 Å². The van der Waals surface area contributed by atoms with Gasteiger partial charge in [-0.25, -0.2) is 9.11 Å². The Labute approximate surface area is 125 Å². The molecule has 0 aliphatic rings. The SMILES string of the molecule is O=[N+]([O-])c1ccccc1[S+]([O-])Nc1cc(F)ccc1Br. The first-order valence-corrected chi connectivity index (χ1v) is 7.30. The fraction of sp³-hybridized carbons (Fsp3) is 0. The first kappa shape index (κ1) is 14.8. The predicted octanol–water partition coefficient (Wildman–Crippen LogP) is 3.63. The monoisotopic (exact) mass is 358 g/mol. The van der Waals surface area contributed by atoms with Crippen LogP contribution in [-0.2, 0) is 11.4 Å². The molecule has 0 heterocycles. The average molecular weight is 359 g/mol. The van der Waals surface area contributed by atoms with Gasteiger partial charge in [-0.05, 0) is 28.1 Å². The number of hydrogen-bond donors (Lipinski definition) is 1. The summed E-state index contributed by atoms with van der Waals surface area (Å²) in [4.78, 5) is 10.3. The number of nitro benzene ring substituents is 1. The lowest BCUT2D eigenvalue weighted by Gasteiger charge is -2.12. The lowest BCUT2D eigenvalue weighted by Crippen LogP contribution is -2.15. The Morgan fingerprint density at radius 2 is 1.95 bits per heavy atom. The van der Waals surface area contributed by atoms with Gasteiger partial charge in [0.05, 0.1) is 10.6 Å². The van der Waals surface area contributed by atoms with Crippen molar-refractivity contribution in [3.05, 3.63) is 62.9 Å². The van der Waals surface area contributed by atoms with E-state index in [2.05, 4.69) is 20.7 Å². The van der Waals surface area contributed by atoms with E-state index in [0.717, 1.165) is 6.07 Å². The van der Waals surface area contributed by atoms with Crippen LogP contribution in [0, 0.1) is 15.9 Å². The summed E-state index contributed by atoms with van der Waals surface area (Å²) in [7, 11) is 0. The van der Waals surface area contributed by atoms with Crippen molar-refractivity contribution in [2.75, 3.05) is 4.72 Å². The third kappa shape index (κ3) is 3.27. The van der Waals surface area contributed by atoms with E-state index in [0.29, 0.717) is 4.47 Å². The number of anilines is 1. The molecule has 0 fully saturated rings. The van der Waals surface area contributed by atoms with E-state index < -0.39 is 22.1 Å². The lowest BCUT2D eigenvalue weighted by molar-refractivity contribution is -0.387. The summed E-state index contributed by atoms with van der Waals surface area (Å²) in [6, 6.07) is 9.51. The molecule has 0 saturated carbocycles. The number of rotatable bonds is 4. The zero-order valence-corrected chi connectivity index (χ0v) is 12.3. The van der Waals surface area contributed by atoms with E-state index in [1.54, 1.807) is 6.07 Å². The van der Waals surface area contributed by atoms with Gasteiger partial charge in [-0.2, -0.15) is 0 Å². The minimum absolute atomic E-state index is 0.0219. The molecule has 1 unspecified atom stereocenters. The predicted molar refractivity (Wildman–Crippen MR) is 77.2 cm³/mol. The maximum Gasteiger partial charge on any atom is 0.326 e. The minimum Gasteiger partial charge on any atom is -0.588 e. The molecular formula is C12H8BrFN2O3S. The number of nitrogens with one attached hydrogen (secondary N) is 1. The topological polar surface area (TPSA) is 78.2 Å². The molecule has 20 heavy (non-hydrogen) atoms. The Bertz CT molecular complexity index is 656. The van der Waals surface area contributed by atoms with Gasteiger partial charge in [0, 0.05) is 22.7 Å². The summed E-state index contributed by atoms with van der Waals surface area (Å²) in [5.41, 5.74) is -0.00709. The van der Waals surface area contributed by atoms with Gasteiger partial charge < -0.3 is 4.55 Å². The van der Waals surface area contributed by atoms with Gasteiger partial charge >= 0.3 is 5.69 Å². The average Bonchev–Trinajstić information content (AvgIpc) is 2.42. The molecule has 1 N–H and O–H groups in total. The summed E-state index contributed by atoms with van der Waals surface area (Å²) in [6.45, 7) is 0. The highest BCUT2D eigenvalue weighted by Gasteiger charge is 2.25. The van der Waals surface area contributed by atoms with Crippen molar-refractivity contribution in [1.29, 1.82) is 0 Å². The number of para-hydroxylation sites is 1. The molecular weight excluding hydrogens is 351 g/mol. The second-order valence-corrected chi connectivity index (χ2v) is 5.76. The molecule has 0 aromatic heterocycles. The highest BCUT2D eigenvalue weighted by atomic mass is 79.9. The van der Waals surface area contributed by atoms with Crippen molar-refractivity contribution in [1.82, 2.24) is 0 Å². The third-order valence-electron chi connectivity index (χ3n) is 2.39. The normalized spacial score (nSPS) is 11.9. The van der Waals surface area contributed by atoms with E-state index in [1.807, 2.05) is 0 Å². The van der Waals surface area contributed by atoms with Crippen molar-refractivity contribution >= 4 is 38.7 Å². The van der Waals surface area contributed by atoms with Crippen LogP contribution in [0.1, 0.15) is 0 Å². The molecule has 0 saturated heterocycles. The van der Waals surface area contributed by atoms with Gasteiger partial charge in [-0.15, -0.1) is 0 Å². The number of nitrogens with zero attached hydrogens (tertiary/aromatic N) is 1. The van der Waals surface area contributed by atoms with Crippen LogP contribution in [0.15, 0.2) is 51.8 Å². The number of nitro groups is 1. The van der Waals surface area contributed by atoms with E-state index >= 15 is 0 Å². The van der Waals surface area contributed by atoms with Crippen LogP contribution in [-0.4, -0.2) is 9.48 Å². The summed E-state index contributed by atoms with van der Waals surface area (Å²) in [6.07, 6.45) is 0. The van der Waals surface area contributed by atoms with E-state index in [1.165, 1.54) is 30.3 Å². The van der Waals surface area contributed by atoms with Crippen LogP contribution < -0.4 is 4.72 Å². The third-order valence-corrected chi connectivity index (χ3v) is 4.23. The summed E-state index contributed by atoms with van der Waals surface area (Å²) in [5.74, 6) is -0.504. The smallest absolute Gasteiger partial charge is 0.326 e. The van der Waals surface area contributed by atoms with Crippen LogP contribution >= 0.6 is 15.9 Å². The van der Waals surface area contributed by atoms with Crippen LogP contribution in [0.4, 0.5) is 15.8 Å². The summed E-state index contributed by atoms with van der Waals surface area (Å²) >= 11 is 1.31. The molecule has 0 amide bonds. The second kappa shape index (κ2) is 6.21. The van der Waals surface area contributed by atoms with Gasteiger partial charge in [0.15, 0.2) is 0 Å². The van der Waals surface area contributed by atoms with Gasteiger partial charge in [-0.3, -0.25) is 10.1 Å². The van der Waals surface area contributed by atoms with Gasteiger partial charge in [0.1, 0.15) is 17.2 Å². The standard InChI is InChI=1S/C12H8BrFN2O3S/c13-9-6-5-8(14)7-10(9)15-20(19)12-4-2-1-3-11(12)16(17)18/h1-7,15H. The Morgan fingerprint density at radius 1 is 1.25 bits per heavy atom. The van der Waals surface area contributed by atoms with Gasteiger partial charge in [0.2, 0.25) is 0 Å². The fourth-order valence-corrected chi connectivity index (χ4v) is 2.99. The van der Waals surface area contributed by atoms with Gasteiger partial charge in [0.25, 0.3) is 4.90 Å². The van der Waals surface area contributed by atoms with Crippen LogP contribution in [0.25, 0.3) is 0 Å². The molecule has 2 aromatic carbocycles. The highest BCUT2D eigenvalue weighted by Crippen LogP contribution is 2.29. The van der Waals surface area contributed by atoms with Crippen molar-refractivity contribution in [3.8, 4) is 0 Å². The maximum atomic E-state index is 13.1. The maximum absolute atomic E-state index is 13.1. The molecule has 2 aromatic rings. The highest BCUT2D eigenvalue weighted by molar-refractivity contribution is 9.10. The Kier molecular flexibility index (Phi) is 4.58. The van der Waals surface area contributed by atoms with Gasteiger partial charge in [-0.1, -0.05) is 12.1 Å². The molecule has 0 radical (unpaired) electrons.